The van der Waals surface area contributed by atoms with Crippen LogP contribution < -0.4 is 0 Å². The normalized spacial score (nSPS) is 14.3. The van der Waals surface area contributed by atoms with E-state index in [4.69, 9.17) is 5.11 Å². The van der Waals surface area contributed by atoms with Gasteiger partial charge in [-0.2, -0.15) is 0 Å². The molecule has 0 aliphatic heterocycles. The number of nitrogens with zero attached hydrogens (tertiary/aromatic N) is 1. The van der Waals surface area contributed by atoms with Crippen molar-refractivity contribution in [3.05, 3.63) is 22.5 Å². The molecule has 1 aliphatic carbocycles. The van der Waals surface area contributed by atoms with E-state index in [0.717, 1.165) is 49.8 Å². The average Bonchev–Trinajstić information content (AvgIpc) is 2.72. The standard InChI is InChI=1S/C17H25NO3/c1-12-13(2)18(10-5-3-4-7-14(20)11-19)15-8-6-9-16(21)17(12)15/h19H,3-11H2,1-2H3. The van der Waals surface area contributed by atoms with Gasteiger partial charge in [-0.3, -0.25) is 9.59 Å². The molecule has 0 atom stereocenters. The number of hydrogen-bond acceptors (Lipinski definition) is 3. The second kappa shape index (κ2) is 7.03. The third kappa shape index (κ3) is 3.43. The Morgan fingerprint density at radius 3 is 2.67 bits per heavy atom. The summed E-state index contributed by atoms with van der Waals surface area (Å²) < 4.78 is 2.30. The molecule has 1 aliphatic rings. The van der Waals surface area contributed by atoms with Crippen LogP contribution in [-0.2, 0) is 17.8 Å². The fraction of sp³-hybridized carbons (Fsp3) is 0.647. The monoisotopic (exact) mass is 291 g/mol. The number of aliphatic hydroxyl groups excluding tert-OH is 1. The Hall–Kier alpha value is -1.42. The Balaban J connectivity index is 1.96. The van der Waals surface area contributed by atoms with Crippen molar-refractivity contribution in [2.45, 2.75) is 65.3 Å². The van der Waals surface area contributed by atoms with E-state index in [9.17, 15) is 9.59 Å². The van der Waals surface area contributed by atoms with Gasteiger partial charge in [-0.05, 0) is 45.1 Å². The van der Waals surface area contributed by atoms with E-state index >= 15 is 0 Å². The summed E-state index contributed by atoms with van der Waals surface area (Å²) in [6.07, 6.45) is 5.93. The summed E-state index contributed by atoms with van der Waals surface area (Å²) in [6, 6.07) is 0. The Labute approximate surface area is 126 Å². The minimum absolute atomic E-state index is 0.0778. The molecule has 1 aromatic rings. The third-order valence-electron chi connectivity index (χ3n) is 4.55. The number of ketones is 2. The van der Waals surface area contributed by atoms with Crippen LogP contribution in [0.4, 0.5) is 0 Å². The first-order valence-electron chi connectivity index (χ1n) is 7.90. The summed E-state index contributed by atoms with van der Waals surface area (Å²) in [4.78, 5) is 23.1. The van der Waals surface area contributed by atoms with E-state index < -0.39 is 0 Å². The first-order valence-corrected chi connectivity index (χ1v) is 7.90. The van der Waals surface area contributed by atoms with Gasteiger partial charge in [0.1, 0.15) is 6.61 Å². The number of carbonyl (C=O) groups excluding carboxylic acids is 2. The number of aromatic nitrogens is 1. The fourth-order valence-electron chi connectivity index (χ4n) is 3.26. The van der Waals surface area contributed by atoms with Gasteiger partial charge in [0.25, 0.3) is 0 Å². The minimum Gasteiger partial charge on any atom is -0.389 e. The van der Waals surface area contributed by atoms with Gasteiger partial charge in [0.05, 0.1) is 0 Å². The summed E-state index contributed by atoms with van der Waals surface area (Å²) in [5.74, 6) is 0.218. The van der Waals surface area contributed by atoms with Gasteiger partial charge in [0, 0.05) is 36.3 Å². The van der Waals surface area contributed by atoms with Crippen molar-refractivity contribution in [2.24, 2.45) is 0 Å². The van der Waals surface area contributed by atoms with Crippen LogP contribution >= 0.6 is 0 Å². The lowest BCUT2D eigenvalue weighted by Crippen LogP contribution is -2.14. The maximum absolute atomic E-state index is 12.1. The number of unbranched alkanes of at least 4 members (excludes halogenated alkanes) is 2. The van der Waals surface area contributed by atoms with Gasteiger partial charge < -0.3 is 9.67 Å². The summed E-state index contributed by atoms with van der Waals surface area (Å²) in [5, 5.41) is 8.68. The van der Waals surface area contributed by atoms with E-state index in [-0.39, 0.29) is 12.4 Å². The van der Waals surface area contributed by atoms with Crippen molar-refractivity contribution in [2.75, 3.05) is 6.61 Å². The minimum atomic E-state index is -0.342. The second-order valence-electron chi connectivity index (χ2n) is 5.97. The molecule has 1 heterocycles. The number of Topliss-reactive ketones (excluding diaryl/α,β-unsaturated/α-hetero) is 2. The first-order chi connectivity index (χ1) is 10.1. The van der Waals surface area contributed by atoms with Gasteiger partial charge in [0.15, 0.2) is 11.6 Å². The predicted molar refractivity (Wildman–Crippen MR) is 81.7 cm³/mol. The largest absolute Gasteiger partial charge is 0.389 e. The fourth-order valence-corrected chi connectivity index (χ4v) is 3.26. The van der Waals surface area contributed by atoms with Crippen molar-refractivity contribution in [3.8, 4) is 0 Å². The summed E-state index contributed by atoms with van der Waals surface area (Å²) in [6.45, 7) is 4.72. The quantitative estimate of drug-likeness (QED) is 0.786. The van der Waals surface area contributed by atoms with Gasteiger partial charge in [0.2, 0.25) is 0 Å². The van der Waals surface area contributed by atoms with Gasteiger partial charge in [-0.25, -0.2) is 0 Å². The molecule has 0 fully saturated rings. The van der Waals surface area contributed by atoms with Gasteiger partial charge in [-0.15, -0.1) is 0 Å². The van der Waals surface area contributed by atoms with Crippen molar-refractivity contribution < 1.29 is 14.7 Å². The third-order valence-corrected chi connectivity index (χ3v) is 4.55. The zero-order valence-corrected chi connectivity index (χ0v) is 13.1. The highest BCUT2D eigenvalue weighted by atomic mass is 16.3. The molecule has 0 saturated carbocycles. The molecule has 0 bridgehead atoms. The Morgan fingerprint density at radius 1 is 1.19 bits per heavy atom. The van der Waals surface area contributed by atoms with Crippen LogP contribution in [0, 0.1) is 13.8 Å². The van der Waals surface area contributed by atoms with Gasteiger partial charge >= 0.3 is 0 Å². The van der Waals surface area contributed by atoms with E-state index in [1.165, 1.54) is 11.4 Å². The van der Waals surface area contributed by atoms with E-state index in [1.807, 2.05) is 6.92 Å². The van der Waals surface area contributed by atoms with Crippen LogP contribution in [0.1, 0.15) is 65.8 Å². The molecule has 21 heavy (non-hydrogen) atoms. The van der Waals surface area contributed by atoms with E-state index in [1.54, 1.807) is 0 Å². The highest BCUT2D eigenvalue weighted by Gasteiger charge is 2.25. The van der Waals surface area contributed by atoms with Crippen molar-refractivity contribution >= 4 is 11.6 Å². The maximum atomic E-state index is 12.1. The maximum Gasteiger partial charge on any atom is 0.164 e. The average molecular weight is 291 g/mol. The molecule has 0 spiro atoms. The Kier molecular flexibility index (Phi) is 5.34. The Bertz CT molecular complexity index is 543. The number of hydrogen-bond donors (Lipinski definition) is 1. The molecule has 0 saturated heterocycles. The molecule has 0 amide bonds. The molecule has 1 N–H and O–H groups in total. The first kappa shape index (κ1) is 16.0. The summed E-state index contributed by atoms with van der Waals surface area (Å²) in [5.41, 5.74) is 4.54. The summed E-state index contributed by atoms with van der Waals surface area (Å²) >= 11 is 0. The van der Waals surface area contributed by atoms with Crippen LogP contribution in [0.15, 0.2) is 0 Å². The molecule has 4 nitrogen and oxygen atoms in total. The zero-order chi connectivity index (χ0) is 15.4. The lowest BCUT2D eigenvalue weighted by Gasteiger charge is -2.16. The van der Waals surface area contributed by atoms with Crippen molar-refractivity contribution in [1.82, 2.24) is 4.57 Å². The van der Waals surface area contributed by atoms with E-state index in [0.29, 0.717) is 18.6 Å². The lowest BCUT2D eigenvalue weighted by atomic mass is 9.94. The molecule has 4 heteroatoms. The second-order valence-corrected chi connectivity index (χ2v) is 5.97. The van der Waals surface area contributed by atoms with E-state index in [2.05, 4.69) is 11.5 Å². The SMILES string of the molecule is Cc1c2c(n(CCCCCC(=O)CO)c1C)CCCC2=O. The van der Waals surface area contributed by atoms with Crippen molar-refractivity contribution in [1.29, 1.82) is 0 Å². The van der Waals surface area contributed by atoms with Crippen LogP contribution in [0.25, 0.3) is 0 Å². The topological polar surface area (TPSA) is 59.3 Å². The molecule has 116 valence electrons. The number of carbonyl (C=O) groups is 2. The molecule has 0 aromatic carbocycles. The molecule has 0 radical (unpaired) electrons. The predicted octanol–water partition coefficient (Wildman–Crippen LogP) is 2.75. The molecular weight excluding hydrogens is 266 g/mol. The molecule has 2 rings (SSSR count). The lowest BCUT2D eigenvalue weighted by molar-refractivity contribution is -0.121. The molecule has 1 aromatic heterocycles. The number of fused-ring (bicyclic) bond motifs is 1. The van der Waals surface area contributed by atoms with Crippen molar-refractivity contribution in [3.63, 3.8) is 0 Å². The molecular formula is C17H25NO3. The van der Waals surface area contributed by atoms with Gasteiger partial charge in [-0.1, -0.05) is 6.42 Å². The van der Waals surface area contributed by atoms with Crippen LogP contribution in [0.2, 0.25) is 0 Å². The Morgan fingerprint density at radius 2 is 1.95 bits per heavy atom. The summed E-state index contributed by atoms with van der Waals surface area (Å²) in [7, 11) is 0. The highest BCUT2D eigenvalue weighted by Crippen LogP contribution is 2.29. The number of rotatable bonds is 7. The van der Waals surface area contributed by atoms with Crippen LogP contribution in [0.3, 0.4) is 0 Å². The van der Waals surface area contributed by atoms with Crippen LogP contribution in [0.5, 0.6) is 0 Å². The smallest absolute Gasteiger partial charge is 0.164 e. The molecule has 0 unspecified atom stereocenters. The zero-order valence-electron chi connectivity index (χ0n) is 13.1. The highest BCUT2D eigenvalue weighted by molar-refractivity contribution is 6.00. The number of aliphatic hydroxyl groups is 1. The van der Waals surface area contributed by atoms with Crippen LogP contribution in [-0.4, -0.2) is 27.8 Å².